The predicted molar refractivity (Wildman–Crippen MR) is 164 cm³/mol. The van der Waals surface area contributed by atoms with Crippen LogP contribution in [0, 0.1) is 29.3 Å². The molecular weight excluding hydrogens is 585 g/mol. The number of carbonyl (C=O) groups excluding carboxylic acids is 1. The highest BCUT2D eigenvalue weighted by Crippen LogP contribution is 2.39. The molecule has 2 aromatic carbocycles. The fraction of sp³-hybridized carbons (Fsp3) is 0.303. The summed E-state index contributed by atoms with van der Waals surface area (Å²) in [7, 11) is 4.26. The van der Waals surface area contributed by atoms with Crippen molar-refractivity contribution in [2.75, 3.05) is 44.5 Å². The van der Waals surface area contributed by atoms with Gasteiger partial charge in [-0.05, 0) is 81.2 Å². The van der Waals surface area contributed by atoms with Gasteiger partial charge in [-0.3, -0.25) is 19.1 Å². The quantitative estimate of drug-likeness (QED) is 0.245. The van der Waals surface area contributed by atoms with Crippen LogP contribution < -0.4 is 20.9 Å². The first-order chi connectivity index (χ1) is 21.6. The van der Waals surface area contributed by atoms with Crippen molar-refractivity contribution >= 4 is 17.4 Å². The van der Waals surface area contributed by atoms with E-state index in [1.807, 2.05) is 0 Å². The largest absolute Gasteiger partial charge is 0.454 e. The molecule has 1 amide bonds. The number of hydrogen-bond donors (Lipinski definition) is 2. The molecule has 4 aromatic rings. The maximum absolute atomic E-state index is 15.0. The highest BCUT2D eigenvalue weighted by molar-refractivity contribution is 6.04. The SMILES string of the molecule is CN1CC2CC(N(C)CNc3cc(Oc4cc(F)c(NC(=O)c5cccn(-c6ccc(F)cc6)c5=O)cc4F)ccn3)CC2C1. The number of rotatable bonds is 9. The number of likely N-dealkylation sites (tertiary alicyclic amines) is 1. The molecule has 234 valence electrons. The van der Waals surface area contributed by atoms with E-state index in [1.165, 1.54) is 67.7 Å². The summed E-state index contributed by atoms with van der Waals surface area (Å²) in [5.74, 6) is -1.44. The van der Waals surface area contributed by atoms with Crippen LogP contribution in [0.4, 0.5) is 24.7 Å². The van der Waals surface area contributed by atoms with Gasteiger partial charge in [-0.1, -0.05) is 0 Å². The average Bonchev–Trinajstić information content (AvgIpc) is 3.57. The number of amides is 1. The summed E-state index contributed by atoms with van der Waals surface area (Å²) >= 11 is 0. The third-order valence-electron chi connectivity index (χ3n) is 8.57. The number of benzene rings is 2. The van der Waals surface area contributed by atoms with E-state index in [1.54, 1.807) is 6.07 Å². The van der Waals surface area contributed by atoms with Gasteiger partial charge >= 0.3 is 0 Å². The molecule has 0 bridgehead atoms. The maximum atomic E-state index is 15.0. The third kappa shape index (κ3) is 6.71. The van der Waals surface area contributed by atoms with Crippen LogP contribution in [0.1, 0.15) is 23.2 Å². The molecule has 45 heavy (non-hydrogen) atoms. The van der Waals surface area contributed by atoms with Crippen LogP contribution >= 0.6 is 0 Å². The Hall–Kier alpha value is -4.68. The number of nitrogens with zero attached hydrogens (tertiary/aromatic N) is 4. The highest BCUT2D eigenvalue weighted by Gasteiger charge is 2.40. The van der Waals surface area contributed by atoms with Gasteiger partial charge in [-0.25, -0.2) is 18.2 Å². The maximum Gasteiger partial charge on any atom is 0.267 e. The minimum absolute atomic E-state index is 0.245. The van der Waals surface area contributed by atoms with Crippen LogP contribution in [-0.4, -0.2) is 65.2 Å². The zero-order valence-electron chi connectivity index (χ0n) is 24.8. The Bertz CT molecular complexity index is 1750. The Morgan fingerprint density at radius 1 is 1.02 bits per heavy atom. The molecule has 1 aliphatic heterocycles. The summed E-state index contributed by atoms with van der Waals surface area (Å²) in [5.41, 5.74) is -1.16. The number of halogens is 3. The van der Waals surface area contributed by atoms with E-state index in [0.717, 1.165) is 41.6 Å². The van der Waals surface area contributed by atoms with Crippen LogP contribution in [0.25, 0.3) is 5.69 Å². The minimum Gasteiger partial charge on any atom is -0.454 e. The lowest BCUT2D eigenvalue weighted by molar-refractivity contribution is 0.102. The van der Waals surface area contributed by atoms with E-state index < -0.39 is 34.6 Å². The number of hydrogen-bond acceptors (Lipinski definition) is 7. The first-order valence-electron chi connectivity index (χ1n) is 14.7. The molecular formula is C33H33F3N6O3. The second kappa shape index (κ2) is 12.7. The lowest BCUT2D eigenvalue weighted by Gasteiger charge is -2.26. The molecule has 1 saturated heterocycles. The highest BCUT2D eigenvalue weighted by atomic mass is 19.1. The third-order valence-corrected chi connectivity index (χ3v) is 8.57. The normalized spacial score (nSPS) is 19.5. The molecule has 12 heteroatoms. The molecule has 2 N–H and O–H groups in total. The van der Waals surface area contributed by atoms with Gasteiger partial charge in [-0.15, -0.1) is 0 Å². The Balaban J connectivity index is 1.09. The summed E-state index contributed by atoms with van der Waals surface area (Å²) in [5, 5.41) is 5.53. The van der Waals surface area contributed by atoms with Gasteiger partial charge < -0.3 is 20.3 Å². The van der Waals surface area contributed by atoms with E-state index in [2.05, 4.69) is 39.5 Å². The smallest absolute Gasteiger partial charge is 0.267 e. The number of nitrogens with one attached hydrogen (secondary N) is 2. The van der Waals surface area contributed by atoms with Crippen molar-refractivity contribution in [2.24, 2.45) is 11.8 Å². The second-order valence-electron chi connectivity index (χ2n) is 11.7. The fourth-order valence-electron chi connectivity index (χ4n) is 6.26. The Morgan fingerprint density at radius 3 is 2.49 bits per heavy atom. The number of aromatic nitrogens is 2. The molecule has 2 aromatic heterocycles. The summed E-state index contributed by atoms with van der Waals surface area (Å²) in [6.07, 6.45) is 5.26. The number of anilines is 2. The van der Waals surface area contributed by atoms with Crippen molar-refractivity contribution in [3.8, 4) is 17.2 Å². The molecule has 2 atom stereocenters. The molecule has 9 nitrogen and oxygen atoms in total. The molecule has 2 unspecified atom stereocenters. The number of ether oxygens (including phenoxy) is 1. The number of carbonyl (C=O) groups is 1. The van der Waals surface area contributed by atoms with Crippen molar-refractivity contribution in [2.45, 2.75) is 18.9 Å². The summed E-state index contributed by atoms with van der Waals surface area (Å²) in [4.78, 5) is 34.8. The fourth-order valence-corrected chi connectivity index (χ4v) is 6.26. The zero-order valence-corrected chi connectivity index (χ0v) is 24.8. The first kappa shape index (κ1) is 30.4. The van der Waals surface area contributed by atoms with Crippen molar-refractivity contribution in [3.63, 3.8) is 0 Å². The van der Waals surface area contributed by atoms with Crippen LogP contribution in [0.5, 0.6) is 11.5 Å². The van der Waals surface area contributed by atoms with Gasteiger partial charge in [0.15, 0.2) is 17.4 Å². The van der Waals surface area contributed by atoms with E-state index >= 15 is 8.78 Å². The molecule has 1 aliphatic carbocycles. The standard InChI is InChI=1S/C33H33F3N6O3/c1-40-17-20-12-24(13-21(20)18-40)41(2)19-38-31-14-25(9-10-37-31)45-30-16-27(35)29(15-28(30)36)39-32(43)26-4-3-11-42(33(26)44)23-7-5-22(34)6-8-23/h3-11,14-16,20-21,24H,12-13,17-19H2,1-2H3,(H,37,38)(H,39,43). The predicted octanol–water partition coefficient (Wildman–Crippen LogP) is 5.34. The average molecular weight is 619 g/mol. The van der Waals surface area contributed by atoms with Crippen molar-refractivity contribution in [3.05, 3.63) is 106 Å². The van der Waals surface area contributed by atoms with E-state index in [-0.39, 0.29) is 17.1 Å². The monoisotopic (exact) mass is 618 g/mol. The van der Waals surface area contributed by atoms with Gasteiger partial charge in [-0.2, -0.15) is 0 Å². The summed E-state index contributed by atoms with van der Waals surface area (Å²) in [6.45, 7) is 2.88. The van der Waals surface area contributed by atoms with Crippen LogP contribution in [-0.2, 0) is 0 Å². The second-order valence-corrected chi connectivity index (χ2v) is 11.7. The number of fused-ring (bicyclic) bond motifs is 1. The van der Waals surface area contributed by atoms with Crippen LogP contribution in [0.15, 0.2) is 77.9 Å². The molecule has 3 heterocycles. The summed E-state index contributed by atoms with van der Waals surface area (Å²) in [6, 6.07) is 13.0. The molecule has 0 radical (unpaired) electrons. The van der Waals surface area contributed by atoms with Gasteiger partial charge in [0.25, 0.3) is 11.5 Å². The topological polar surface area (TPSA) is 91.7 Å². The first-order valence-corrected chi connectivity index (χ1v) is 14.7. The van der Waals surface area contributed by atoms with Gasteiger partial charge in [0.2, 0.25) is 0 Å². The molecule has 0 spiro atoms. The lowest BCUT2D eigenvalue weighted by atomic mass is 10.0. The van der Waals surface area contributed by atoms with Gasteiger partial charge in [0.05, 0.1) is 12.4 Å². The molecule has 1 saturated carbocycles. The molecule has 2 aliphatic rings. The summed E-state index contributed by atoms with van der Waals surface area (Å²) < 4.78 is 50.1. The van der Waals surface area contributed by atoms with E-state index in [4.69, 9.17) is 4.74 Å². The Morgan fingerprint density at radius 2 is 1.76 bits per heavy atom. The van der Waals surface area contributed by atoms with E-state index in [0.29, 0.717) is 24.2 Å². The molecule has 2 fully saturated rings. The lowest BCUT2D eigenvalue weighted by Crippen LogP contribution is -2.35. The van der Waals surface area contributed by atoms with Crippen molar-refractivity contribution < 1.29 is 22.7 Å². The molecule has 6 rings (SSSR count). The zero-order chi connectivity index (χ0) is 31.7. The van der Waals surface area contributed by atoms with E-state index in [9.17, 15) is 14.0 Å². The van der Waals surface area contributed by atoms with Gasteiger partial charge in [0, 0.05) is 55.4 Å². The number of pyridine rings is 2. The minimum atomic E-state index is -0.962. The van der Waals surface area contributed by atoms with Crippen LogP contribution in [0.3, 0.4) is 0 Å². The van der Waals surface area contributed by atoms with Gasteiger partial charge in [0.1, 0.15) is 22.9 Å². The van der Waals surface area contributed by atoms with Crippen molar-refractivity contribution in [1.82, 2.24) is 19.4 Å². The Labute approximate surface area is 258 Å². The van der Waals surface area contributed by atoms with Crippen molar-refractivity contribution in [1.29, 1.82) is 0 Å². The Kier molecular flexibility index (Phi) is 8.59. The van der Waals surface area contributed by atoms with Crippen LogP contribution in [0.2, 0.25) is 0 Å².